The summed E-state index contributed by atoms with van der Waals surface area (Å²) in [7, 11) is 2.06. The van der Waals surface area contributed by atoms with E-state index in [-0.39, 0.29) is 0 Å². The molecule has 0 aliphatic carbocycles. The van der Waals surface area contributed by atoms with Crippen molar-refractivity contribution in [3.8, 4) is 0 Å². The van der Waals surface area contributed by atoms with Crippen LogP contribution in [0.5, 0.6) is 0 Å². The van der Waals surface area contributed by atoms with Crippen molar-refractivity contribution in [3.05, 3.63) is 71.2 Å². The molecule has 0 saturated carbocycles. The van der Waals surface area contributed by atoms with Crippen molar-refractivity contribution in [1.82, 2.24) is 15.0 Å². The summed E-state index contributed by atoms with van der Waals surface area (Å²) in [6, 6.07) is 12.3. The van der Waals surface area contributed by atoms with Gasteiger partial charge in [0.25, 0.3) is 0 Å². The van der Waals surface area contributed by atoms with Crippen LogP contribution in [0.2, 0.25) is 0 Å². The average Bonchev–Trinajstić information content (AvgIpc) is 2.64. The van der Waals surface area contributed by atoms with E-state index in [0.717, 1.165) is 30.2 Å². The summed E-state index contributed by atoms with van der Waals surface area (Å²) in [5, 5.41) is 3.37. The topological polar surface area (TPSA) is 53.9 Å². The Morgan fingerprint density at radius 3 is 2.54 bits per heavy atom. The van der Waals surface area contributed by atoms with Gasteiger partial charge in [-0.2, -0.15) is 4.98 Å². The number of anilines is 3. The maximum absolute atomic E-state index is 4.70. The van der Waals surface area contributed by atoms with Crippen LogP contribution in [0.15, 0.2) is 48.8 Å². The van der Waals surface area contributed by atoms with E-state index in [0.29, 0.717) is 5.95 Å². The third kappa shape index (κ3) is 4.36. The van der Waals surface area contributed by atoms with Gasteiger partial charge in [-0.15, -0.1) is 0 Å². The molecule has 0 amide bonds. The van der Waals surface area contributed by atoms with Crippen molar-refractivity contribution in [1.29, 1.82) is 0 Å². The van der Waals surface area contributed by atoms with Crippen molar-refractivity contribution in [2.45, 2.75) is 27.2 Å². The van der Waals surface area contributed by atoms with Crippen molar-refractivity contribution in [3.63, 3.8) is 0 Å². The van der Waals surface area contributed by atoms with Crippen LogP contribution < -0.4 is 10.2 Å². The number of benzene rings is 1. The minimum atomic E-state index is 0.629. The van der Waals surface area contributed by atoms with Gasteiger partial charge in [-0.3, -0.25) is 4.98 Å². The van der Waals surface area contributed by atoms with E-state index in [1.165, 1.54) is 16.7 Å². The smallest absolute Gasteiger partial charge is 0.229 e. The van der Waals surface area contributed by atoms with Gasteiger partial charge in [-0.1, -0.05) is 12.1 Å². The summed E-state index contributed by atoms with van der Waals surface area (Å²) in [5.41, 5.74) is 5.72. The summed E-state index contributed by atoms with van der Waals surface area (Å²) in [6.07, 6.45) is 4.61. The lowest BCUT2D eigenvalue weighted by Crippen LogP contribution is -2.22. The summed E-state index contributed by atoms with van der Waals surface area (Å²) in [4.78, 5) is 15.5. The zero-order valence-electron chi connectivity index (χ0n) is 15.8. The number of hydrogen-bond donors (Lipinski definition) is 1. The molecule has 0 radical (unpaired) electrons. The van der Waals surface area contributed by atoms with Gasteiger partial charge in [0.2, 0.25) is 5.95 Å². The van der Waals surface area contributed by atoms with Crippen molar-refractivity contribution >= 4 is 17.5 Å². The minimum absolute atomic E-state index is 0.629. The monoisotopic (exact) mass is 347 g/mol. The second-order valence-corrected chi connectivity index (χ2v) is 6.59. The molecule has 2 heterocycles. The number of nitrogens with one attached hydrogen (secondary N) is 1. The normalized spacial score (nSPS) is 10.6. The zero-order valence-corrected chi connectivity index (χ0v) is 15.8. The lowest BCUT2D eigenvalue weighted by Gasteiger charge is -2.19. The second-order valence-electron chi connectivity index (χ2n) is 6.59. The van der Waals surface area contributed by atoms with E-state index in [2.05, 4.69) is 53.2 Å². The first-order chi connectivity index (χ1) is 12.5. The molecule has 0 aliphatic rings. The summed E-state index contributed by atoms with van der Waals surface area (Å²) < 4.78 is 0. The molecular weight excluding hydrogens is 322 g/mol. The van der Waals surface area contributed by atoms with Gasteiger partial charge < -0.3 is 10.2 Å². The number of aromatic nitrogens is 3. The molecule has 0 fully saturated rings. The number of rotatable bonds is 6. The number of nitrogens with zero attached hydrogens (tertiary/aromatic N) is 4. The first-order valence-electron chi connectivity index (χ1n) is 8.82. The van der Waals surface area contributed by atoms with E-state index >= 15 is 0 Å². The summed E-state index contributed by atoms with van der Waals surface area (Å²) in [6.45, 7) is 7.09. The number of hydrogen-bond acceptors (Lipinski definition) is 5. The Hall–Kier alpha value is -2.95. The molecule has 134 valence electrons. The quantitative estimate of drug-likeness (QED) is 0.723. The Kier molecular flexibility index (Phi) is 5.46. The standard InChI is InChI=1S/C21H25N5/c1-15-6-5-7-19(17(15)3)24-21-23-16(2)14-20(25-21)26(4)13-10-18-8-11-22-12-9-18/h5-9,11-12,14H,10,13H2,1-4H3,(H,23,24,25). The van der Waals surface area contributed by atoms with E-state index in [9.17, 15) is 0 Å². The Bertz CT molecular complexity index is 877. The Morgan fingerprint density at radius 2 is 1.77 bits per heavy atom. The van der Waals surface area contributed by atoms with Crippen molar-refractivity contribution in [2.24, 2.45) is 0 Å². The molecule has 0 saturated heterocycles. The van der Waals surface area contributed by atoms with Gasteiger partial charge in [0.15, 0.2) is 0 Å². The largest absolute Gasteiger partial charge is 0.359 e. The van der Waals surface area contributed by atoms with Crippen LogP contribution in [-0.2, 0) is 6.42 Å². The van der Waals surface area contributed by atoms with Crippen molar-refractivity contribution in [2.75, 3.05) is 23.8 Å². The highest BCUT2D eigenvalue weighted by atomic mass is 15.2. The molecule has 0 spiro atoms. The molecule has 0 unspecified atom stereocenters. The summed E-state index contributed by atoms with van der Waals surface area (Å²) in [5.74, 6) is 1.55. The Morgan fingerprint density at radius 1 is 1.00 bits per heavy atom. The molecule has 0 atom stereocenters. The maximum Gasteiger partial charge on any atom is 0.229 e. The van der Waals surface area contributed by atoms with E-state index in [1.807, 2.05) is 43.6 Å². The predicted octanol–water partition coefficient (Wildman–Crippen LogP) is 4.22. The van der Waals surface area contributed by atoms with Gasteiger partial charge in [-0.25, -0.2) is 4.98 Å². The van der Waals surface area contributed by atoms with E-state index in [4.69, 9.17) is 4.98 Å². The lowest BCUT2D eigenvalue weighted by molar-refractivity contribution is 0.853. The van der Waals surface area contributed by atoms with Crippen LogP contribution in [-0.4, -0.2) is 28.5 Å². The van der Waals surface area contributed by atoms with Crippen LogP contribution in [0.1, 0.15) is 22.4 Å². The van der Waals surface area contributed by atoms with Gasteiger partial charge in [0.1, 0.15) is 5.82 Å². The number of aryl methyl sites for hydroxylation is 2. The SMILES string of the molecule is Cc1cc(N(C)CCc2ccncc2)nc(Nc2cccc(C)c2C)n1. The molecule has 5 heteroatoms. The molecule has 3 rings (SSSR count). The molecule has 1 N–H and O–H groups in total. The molecular formula is C21H25N5. The third-order valence-electron chi connectivity index (χ3n) is 4.57. The van der Waals surface area contributed by atoms with Gasteiger partial charge in [-0.05, 0) is 62.1 Å². The van der Waals surface area contributed by atoms with Crippen LogP contribution in [0, 0.1) is 20.8 Å². The lowest BCUT2D eigenvalue weighted by atomic mass is 10.1. The van der Waals surface area contributed by atoms with Crippen LogP contribution >= 0.6 is 0 Å². The second kappa shape index (κ2) is 7.95. The number of pyridine rings is 1. The highest BCUT2D eigenvalue weighted by Gasteiger charge is 2.09. The Labute approximate surface area is 155 Å². The van der Waals surface area contributed by atoms with Gasteiger partial charge in [0, 0.05) is 43.4 Å². The minimum Gasteiger partial charge on any atom is -0.359 e. The fourth-order valence-electron chi connectivity index (χ4n) is 2.77. The molecule has 26 heavy (non-hydrogen) atoms. The van der Waals surface area contributed by atoms with Crippen LogP contribution in [0.3, 0.4) is 0 Å². The first kappa shape index (κ1) is 17.9. The average molecular weight is 347 g/mol. The van der Waals surface area contributed by atoms with Crippen molar-refractivity contribution < 1.29 is 0 Å². The molecule has 5 nitrogen and oxygen atoms in total. The maximum atomic E-state index is 4.70. The molecule has 3 aromatic rings. The highest BCUT2D eigenvalue weighted by Crippen LogP contribution is 2.22. The highest BCUT2D eigenvalue weighted by molar-refractivity contribution is 5.61. The van der Waals surface area contributed by atoms with Crippen LogP contribution in [0.4, 0.5) is 17.5 Å². The fourth-order valence-corrected chi connectivity index (χ4v) is 2.77. The fraction of sp³-hybridized carbons (Fsp3) is 0.286. The Balaban J connectivity index is 1.75. The molecule has 1 aromatic carbocycles. The third-order valence-corrected chi connectivity index (χ3v) is 4.57. The molecule has 2 aromatic heterocycles. The van der Waals surface area contributed by atoms with E-state index in [1.54, 1.807) is 0 Å². The van der Waals surface area contributed by atoms with Gasteiger partial charge >= 0.3 is 0 Å². The molecule has 0 bridgehead atoms. The van der Waals surface area contributed by atoms with Gasteiger partial charge in [0.05, 0.1) is 0 Å². The predicted molar refractivity (Wildman–Crippen MR) is 107 cm³/mol. The number of likely N-dealkylation sites (N-methyl/N-ethyl adjacent to an activating group) is 1. The van der Waals surface area contributed by atoms with E-state index < -0.39 is 0 Å². The first-order valence-corrected chi connectivity index (χ1v) is 8.82. The van der Waals surface area contributed by atoms with Crippen LogP contribution in [0.25, 0.3) is 0 Å². The molecule has 0 aliphatic heterocycles. The summed E-state index contributed by atoms with van der Waals surface area (Å²) >= 11 is 0. The zero-order chi connectivity index (χ0) is 18.5.